The minimum Gasteiger partial charge on any atom is -0.548 e. The number of aliphatic carboxylic acids is 1. The van der Waals surface area contributed by atoms with Gasteiger partial charge in [-0.05, 0) is 25.5 Å². The summed E-state index contributed by atoms with van der Waals surface area (Å²) in [5.74, 6) is -1.35. The second-order valence-electron chi connectivity index (χ2n) is 4.18. The number of allylic oxidation sites excluding steroid dienone is 2. The van der Waals surface area contributed by atoms with Gasteiger partial charge >= 0.3 is 0 Å². The van der Waals surface area contributed by atoms with E-state index in [2.05, 4.69) is 4.99 Å². The van der Waals surface area contributed by atoms with Crippen molar-refractivity contribution in [2.45, 2.75) is 25.8 Å². The highest BCUT2D eigenvalue weighted by Gasteiger charge is 2.40. The maximum atomic E-state index is 11.4. The van der Waals surface area contributed by atoms with E-state index in [-0.39, 0.29) is 6.42 Å². The Labute approximate surface area is 92.8 Å². The van der Waals surface area contributed by atoms with Gasteiger partial charge in [0.05, 0.1) is 17.9 Å². The Morgan fingerprint density at radius 3 is 2.88 bits per heavy atom. The highest BCUT2D eigenvalue weighted by Crippen LogP contribution is 2.28. The molecule has 1 atom stereocenters. The normalized spacial score (nSPS) is 28.4. The fourth-order valence-corrected chi connectivity index (χ4v) is 1.80. The lowest BCUT2D eigenvalue weighted by Crippen LogP contribution is -2.61. The SMILES string of the molecule is CC1=CN2C(=NC(=O)C[C@]2(C)C(=O)[O-])C=C1. The molecule has 0 aliphatic carbocycles. The third kappa shape index (κ3) is 1.44. The molecule has 5 heteroatoms. The molecule has 2 heterocycles. The molecule has 0 saturated carbocycles. The van der Waals surface area contributed by atoms with Crippen molar-refractivity contribution in [2.24, 2.45) is 4.99 Å². The number of carbonyl (C=O) groups excluding carboxylic acids is 2. The molecular weight excluding hydrogens is 208 g/mol. The lowest BCUT2D eigenvalue weighted by atomic mass is 9.92. The lowest BCUT2D eigenvalue weighted by molar-refractivity contribution is -0.316. The van der Waals surface area contributed by atoms with Crippen LogP contribution in [-0.2, 0) is 9.59 Å². The molecular formula is C11H11N2O3-. The molecule has 0 aromatic carbocycles. The summed E-state index contributed by atoms with van der Waals surface area (Å²) in [5.41, 5.74) is -0.444. The van der Waals surface area contributed by atoms with E-state index in [0.29, 0.717) is 5.84 Å². The van der Waals surface area contributed by atoms with Crippen LogP contribution in [0, 0.1) is 0 Å². The maximum Gasteiger partial charge on any atom is 0.250 e. The fourth-order valence-electron chi connectivity index (χ4n) is 1.80. The van der Waals surface area contributed by atoms with Crippen molar-refractivity contribution in [1.82, 2.24) is 4.90 Å². The van der Waals surface area contributed by atoms with Gasteiger partial charge in [0.25, 0.3) is 0 Å². The molecule has 0 saturated heterocycles. The van der Waals surface area contributed by atoms with Gasteiger partial charge in [0, 0.05) is 6.20 Å². The van der Waals surface area contributed by atoms with Crippen LogP contribution in [0.25, 0.3) is 0 Å². The summed E-state index contributed by atoms with van der Waals surface area (Å²) in [6.45, 7) is 3.32. The molecule has 1 amide bonds. The van der Waals surface area contributed by atoms with E-state index >= 15 is 0 Å². The zero-order valence-electron chi connectivity index (χ0n) is 9.06. The first-order valence-corrected chi connectivity index (χ1v) is 4.92. The summed E-state index contributed by atoms with van der Waals surface area (Å²) in [6.07, 6.45) is 4.91. The van der Waals surface area contributed by atoms with Crippen molar-refractivity contribution in [3.05, 3.63) is 23.9 Å². The van der Waals surface area contributed by atoms with E-state index in [4.69, 9.17) is 0 Å². The average molecular weight is 219 g/mol. The number of rotatable bonds is 1. The Morgan fingerprint density at radius 1 is 1.56 bits per heavy atom. The molecule has 2 rings (SSSR count). The third-order valence-electron chi connectivity index (χ3n) is 2.78. The zero-order valence-corrected chi connectivity index (χ0v) is 9.06. The van der Waals surface area contributed by atoms with Crippen molar-refractivity contribution < 1.29 is 14.7 Å². The van der Waals surface area contributed by atoms with Gasteiger partial charge in [-0.3, -0.25) is 4.79 Å². The molecule has 2 aliphatic heterocycles. The molecule has 0 N–H and O–H groups in total. The summed E-state index contributed by atoms with van der Waals surface area (Å²) < 4.78 is 0. The van der Waals surface area contributed by atoms with Crippen LogP contribution >= 0.6 is 0 Å². The van der Waals surface area contributed by atoms with E-state index in [1.807, 2.05) is 6.92 Å². The van der Waals surface area contributed by atoms with Crippen molar-refractivity contribution in [2.75, 3.05) is 0 Å². The Hall–Kier alpha value is -1.91. The van der Waals surface area contributed by atoms with Crippen LogP contribution in [0.5, 0.6) is 0 Å². The largest absolute Gasteiger partial charge is 0.548 e. The highest BCUT2D eigenvalue weighted by molar-refractivity contribution is 6.08. The molecule has 2 aliphatic rings. The Morgan fingerprint density at radius 2 is 2.25 bits per heavy atom. The molecule has 0 aromatic rings. The van der Waals surface area contributed by atoms with Gasteiger partial charge in [0.2, 0.25) is 5.91 Å². The van der Waals surface area contributed by atoms with Gasteiger partial charge in [0.1, 0.15) is 5.84 Å². The van der Waals surface area contributed by atoms with E-state index in [1.165, 1.54) is 11.8 Å². The average Bonchev–Trinajstić information content (AvgIpc) is 2.19. The van der Waals surface area contributed by atoms with Crippen LogP contribution < -0.4 is 5.11 Å². The van der Waals surface area contributed by atoms with Gasteiger partial charge in [-0.1, -0.05) is 6.08 Å². The first-order valence-electron chi connectivity index (χ1n) is 4.92. The molecule has 0 bridgehead atoms. The topological polar surface area (TPSA) is 72.8 Å². The second-order valence-corrected chi connectivity index (χ2v) is 4.18. The predicted octanol–water partition coefficient (Wildman–Crippen LogP) is -0.401. The molecule has 0 fully saturated rings. The number of hydrogen-bond acceptors (Lipinski definition) is 4. The van der Waals surface area contributed by atoms with E-state index in [9.17, 15) is 14.7 Å². The Kier molecular flexibility index (Phi) is 2.18. The van der Waals surface area contributed by atoms with Crippen LogP contribution in [0.3, 0.4) is 0 Å². The van der Waals surface area contributed by atoms with Gasteiger partial charge in [-0.25, -0.2) is 0 Å². The summed E-state index contributed by atoms with van der Waals surface area (Å²) in [5, 5.41) is 11.2. The van der Waals surface area contributed by atoms with Crippen LogP contribution in [-0.4, -0.2) is 28.2 Å². The number of amidine groups is 1. The Balaban J connectivity index is 2.52. The van der Waals surface area contributed by atoms with Crippen molar-refractivity contribution in [3.8, 4) is 0 Å². The van der Waals surface area contributed by atoms with Crippen LogP contribution in [0.2, 0.25) is 0 Å². The number of amides is 1. The van der Waals surface area contributed by atoms with Gasteiger partial charge in [-0.15, -0.1) is 0 Å². The zero-order chi connectivity index (χ0) is 11.9. The predicted molar refractivity (Wildman–Crippen MR) is 55.2 cm³/mol. The Bertz CT molecular complexity index is 462. The molecule has 5 nitrogen and oxygen atoms in total. The summed E-state index contributed by atoms with van der Waals surface area (Å²) in [7, 11) is 0. The summed E-state index contributed by atoms with van der Waals surface area (Å²) >= 11 is 0. The lowest BCUT2D eigenvalue weighted by Gasteiger charge is -2.44. The molecule has 0 aromatic heterocycles. The van der Waals surface area contributed by atoms with Gasteiger partial charge in [-0.2, -0.15) is 4.99 Å². The quantitative estimate of drug-likeness (QED) is 0.601. The molecule has 0 unspecified atom stereocenters. The number of carboxylic acid groups (broad SMARTS) is 1. The number of fused-ring (bicyclic) bond motifs is 1. The molecule has 16 heavy (non-hydrogen) atoms. The summed E-state index contributed by atoms with van der Waals surface area (Å²) in [4.78, 5) is 27.8. The monoisotopic (exact) mass is 219 g/mol. The van der Waals surface area contributed by atoms with Crippen LogP contribution in [0.15, 0.2) is 28.9 Å². The maximum absolute atomic E-state index is 11.4. The highest BCUT2D eigenvalue weighted by atomic mass is 16.4. The first-order chi connectivity index (χ1) is 7.43. The number of nitrogens with zero attached hydrogens (tertiary/aromatic N) is 2. The first kappa shape index (κ1) is 10.6. The molecule has 0 radical (unpaired) electrons. The molecule has 84 valence electrons. The third-order valence-corrected chi connectivity index (χ3v) is 2.78. The minimum atomic E-state index is -1.35. The van der Waals surface area contributed by atoms with E-state index < -0.39 is 17.4 Å². The van der Waals surface area contributed by atoms with Crippen molar-refractivity contribution >= 4 is 17.7 Å². The number of hydrogen-bond donors (Lipinski definition) is 0. The van der Waals surface area contributed by atoms with Crippen LogP contribution in [0.4, 0.5) is 0 Å². The number of aliphatic imine (C=N–C) groups is 1. The van der Waals surface area contributed by atoms with E-state index in [0.717, 1.165) is 5.57 Å². The van der Waals surface area contributed by atoms with Crippen molar-refractivity contribution in [3.63, 3.8) is 0 Å². The van der Waals surface area contributed by atoms with Gasteiger partial charge in [0.15, 0.2) is 0 Å². The van der Waals surface area contributed by atoms with Crippen LogP contribution in [0.1, 0.15) is 20.3 Å². The fraction of sp³-hybridized carbons (Fsp3) is 0.364. The standard InChI is InChI=1S/C11H12N2O3/c1-7-3-4-8-12-9(14)5-11(2,10(15)16)13(8)6-7/h3-4,6H,5H2,1-2H3,(H,15,16)/p-1/t11-/m1/s1. The number of carbonyl (C=O) groups is 2. The number of carboxylic acids is 1. The smallest absolute Gasteiger partial charge is 0.250 e. The van der Waals surface area contributed by atoms with Crippen molar-refractivity contribution in [1.29, 1.82) is 0 Å². The second kappa shape index (κ2) is 3.30. The van der Waals surface area contributed by atoms with E-state index in [1.54, 1.807) is 18.4 Å². The summed E-state index contributed by atoms with van der Waals surface area (Å²) in [6, 6.07) is 0. The van der Waals surface area contributed by atoms with Gasteiger partial charge < -0.3 is 14.8 Å². The molecule has 0 spiro atoms. The minimum absolute atomic E-state index is 0.170.